The van der Waals surface area contributed by atoms with Gasteiger partial charge in [0, 0.05) is 23.5 Å². The van der Waals surface area contributed by atoms with Gasteiger partial charge in [-0.2, -0.15) is 18.4 Å². The summed E-state index contributed by atoms with van der Waals surface area (Å²) in [5, 5.41) is 11.6. The number of benzene rings is 2. The van der Waals surface area contributed by atoms with Crippen molar-refractivity contribution in [2.45, 2.75) is 6.18 Å². The highest BCUT2D eigenvalue weighted by Gasteiger charge is 2.31. The highest BCUT2D eigenvalue weighted by molar-refractivity contribution is 6.04. The maximum absolute atomic E-state index is 12.8. The summed E-state index contributed by atoms with van der Waals surface area (Å²) in [5.74, 6) is -0.292. The normalized spacial score (nSPS) is 10.8. The Morgan fingerprint density at radius 3 is 2.57 bits per heavy atom. The standard InChI is InChI=1S/C20H12F3N3O2/c21-20(22,23)15-8-18(12-25-11-15)28-17-6-2-5-16(9-17)26-19(27)14-4-1-3-13(7-14)10-24/h1-9,11-12H,(H,26,27). The monoisotopic (exact) mass is 383 g/mol. The molecule has 0 saturated heterocycles. The molecule has 1 heterocycles. The van der Waals surface area contributed by atoms with Crippen molar-refractivity contribution in [1.29, 1.82) is 5.26 Å². The fourth-order valence-electron chi connectivity index (χ4n) is 2.34. The molecule has 0 aliphatic carbocycles. The number of aromatic nitrogens is 1. The molecule has 0 bridgehead atoms. The quantitative estimate of drug-likeness (QED) is 0.687. The lowest BCUT2D eigenvalue weighted by atomic mass is 10.1. The molecule has 28 heavy (non-hydrogen) atoms. The Morgan fingerprint density at radius 2 is 1.82 bits per heavy atom. The number of carbonyl (C=O) groups excluding carboxylic acids is 1. The molecule has 5 nitrogen and oxygen atoms in total. The number of nitriles is 1. The highest BCUT2D eigenvalue weighted by Crippen LogP contribution is 2.32. The third-order valence-corrected chi connectivity index (χ3v) is 3.62. The van der Waals surface area contributed by atoms with Crippen LogP contribution in [0.5, 0.6) is 11.5 Å². The lowest BCUT2D eigenvalue weighted by Crippen LogP contribution is -2.11. The van der Waals surface area contributed by atoms with Gasteiger partial charge < -0.3 is 10.1 Å². The average molecular weight is 383 g/mol. The van der Waals surface area contributed by atoms with Crippen molar-refractivity contribution in [3.05, 3.63) is 83.7 Å². The van der Waals surface area contributed by atoms with Crippen LogP contribution in [0.15, 0.2) is 67.0 Å². The van der Waals surface area contributed by atoms with Crippen LogP contribution in [-0.2, 0) is 6.18 Å². The summed E-state index contributed by atoms with van der Waals surface area (Å²) in [6, 6.07) is 15.1. The zero-order valence-electron chi connectivity index (χ0n) is 14.2. The van der Waals surface area contributed by atoms with Crippen molar-refractivity contribution in [3.8, 4) is 17.6 Å². The van der Waals surface area contributed by atoms with E-state index in [4.69, 9.17) is 10.00 Å². The van der Waals surface area contributed by atoms with E-state index in [0.29, 0.717) is 23.0 Å². The maximum atomic E-state index is 12.8. The molecule has 0 atom stereocenters. The largest absolute Gasteiger partial charge is 0.456 e. The fraction of sp³-hybridized carbons (Fsp3) is 0.0500. The molecule has 0 aliphatic heterocycles. The SMILES string of the molecule is N#Cc1cccc(C(=O)Nc2cccc(Oc3cncc(C(F)(F)F)c3)c2)c1. The van der Waals surface area contributed by atoms with Crippen LogP contribution in [0.4, 0.5) is 18.9 Å². The predicted octanol–water partition coefficient (Wildman–Crippen LogP) is 5.02. The molecule has 0 aliphatic rings. The molecule has 8 heteroatoms. The molecule has 1 aromatic heterocycles. The molecule has 0 fully saturated rings. The van der Waals surface area contributed by atoms with Crippen molar-refractivity contribution >= 4 is 11.6 Å². The minimum Gasteiger partial charge on any atom is -0.456 e. The molecule has 0 saturated carbocycles. The molecule has 0 spiro atoms. The second-order valence-electron chi connectivity index (χ2n) is 5.68. The van der Waals surface area contributed by atoms with E-state index in [9.17, 15) is 18.0 Å². The van der Waals surface area contributed by atoms with E-state index in [1.807, 2.05) is 6.07 Å². The Hall–Kier alpha value is -3.86. The molecule has 2 aromatic carbocycles. The van der Waals surface area contributed by atoms with E-state index < -0.39 is 17.6 Å². The van der Waals surface area contributed by atoms with Gasteiger partial charge in [-0.1, -0.05) is 12.1 Å². The molecule has 0 unspecified atom stereocenters. The Morgan fingerprint density at radius 1 is 1.04 bits per heavy atom. The highest BCUT2D eigenvalue weighted by atomic mass is 19.4. The smallest absolute Gasteiger partial charge is 0.418 e. The maximum Gasteiger partial charge on any atom is 0.418 e. The van der Waals surface area contributed by atoms with Crippen LogP contribution < -0.4 is 10.1 Å². The first-order chi connectivity index (χ1) is 13.3. The number of carbonyl (C=O) groups is 1. The Kier molecular flexibility index (Phi) is 5.27. The number of nitrogens with zero attached hydrogens (tertiary/aromatic N) is 2. The molecule has 3 aromatic rings. The first-order valence-corrected chi connectivity index (χ1v) is 7.97. The summed E-state index contributed by atoms with van der Waals surface area (Å²) in [4.78, 5) is 15.8. The van der Waals surface area contributed by atoms with E-state index in [1.165, 1.54) is 18.2 Å². The van der Waals surface area contributed by atoms with Gasteiger partial charge in [-0.3, -0.25) is 9.78 Å². The topological polar surface area (TPSA) is 75.0 Å². The summed E-state index contributed by atoms with van der Waals surface area (Å²) in [5.41, 5.74) is 0.103. The summed E-state index contributed by atoms with van der Waals surface area (Å²) in [6.45, 7) is 0. The van der Waals surface area contributed by atoms with Crippen molar-refractivity contribution in [2.24, 2.45) is 0 Å². The zero-order chi connectivity index (χ0) is 20.1. The van der Waals surface area contributed by atoms with Crippen LogP contribution in [-0.4, -0.2) is 10.9 Å². The van der Waals surface area contributed by atoms with Crippen LogP contribution in [0.3, 0.4) is 0 Å². The van der Waals surface area contributed by atoms with Crippen LogP contribution in [0.1, 0.15) is 21.5 Å². The molecule has 1 N–H and O–H groups in total. The first-order valence-electron chi connectivity index (χ1n) is 7.97. The molecular weight excluding hydrogens is 371 g/mol. The van der Waals surface area contributed by atoms with Crippen molar-refractivity contribution < 1.29 is 22.7 Å². The number of alkyl halides is 3. The Balaban J connectivity index is 1.76. The summed E-state index contributed by atoms with van der Waals surface area (Å²) < 4.78 is 43.7. The first kappa shape index (κ1) is 18.9. The van der Waals surface area contributed by atoms with Gasteiger partial charge in [0.05, 0.1) is 23.4 Å². The van der Waals surface area contributed by atoms with Crippen LogP contribution in [0.2, 0.25) is 0 Å². The van der Waals surface area contributed by atoms with Gasteiger partial charge in [0.25, 0.3) is 5.91 Å². The predicted molar refractivity (Wildman–Crippen MR) is 94.9 cm³/mol. The van der Waals surface area contributed by atoms with Gasteiger partial charge in [0.15, 0.2) is 0 Å². The van der Waals surface area contributed by atoms with Crippen molar-refractivity contribution in [3.63, 3.8) is 0 Å². The minimum atomic E-state index is -4.53. The van der Waals surface area contributed by atoms with Crippen molar-refractivity contribution in [2.75, 3.05) is 5.32 Å². The van der Waals surface area contributed by atoms with Gasteiger partial charge in [0.1, 0.15) is 11.5 Å². The number of ether oxygens (including phenoxy) is 1. The number of amides is 1. The molecular formula is C20H12F3N3O2. The fourth-order valence-corrected chi connectivity index (χ4v) is 2.34. The van der Waals surface area contributed by atoms with E-state index in [-0.39, 0.29) is 11.5 Å². The summed E-state index contributed by atoms with van der Waals surface area (Å²) in [7, 11) is 0. The van der Waals surface area contributed by atoms with E-state index in [1.54, 1.807) is 30.3 Å². The van der Waals surface area contributed by atoms with Gasteiger partial charge in [0.2, 0.25) is 0 Å². The number of nitrogens with one attached hydrogen (secondary N) is 1. The van der Waals surface area contributed by atoms with Gasteiger partial charge >= 0.3 is 6.18 Å². The lowest BCUT2D eigenvalue weighted by Gasteiger charge is -2.11. The number of rotatable bonds is 4. The molecule has 3 rings (SSSR count). The number of hydrogen-bond donors (Lipinski definition) is 1. The molecule has 140 valence electrons. The van der Waals surface area contributed by atoms with E-state index >= 15 is 0 Å². The second kappa shape index (κ2) is 7.80. The summed E-state index contributed by atoms with van der Waals surface area (Å²) >= 11 is 0. The number of pyridine rings is 1. The second-order valence-corrected chi connectivity index (χ2v) is 5.68. The van der Waals surface area contributed by atoms with E-state index in [0.717, 1.165) is 12.3 Å². The van der Waals surface area contributed by atoms with Crippen LogP contribution in [0.25, 0.3) is 0 Å². The molecule has 0 radical (unpaired) electrons. The van der Waals surface area contributed by atoms with Crippen LogP contribution >= 0.6 is 0 Å². The van der Waals surface area contributed by atoms with Crippen LogP contribution in [0, 0.1) is 11.3 Å². The number of hydrogen-bond acceptors (Lipinski definition) is 4. The van der Waals surface area contributed by atoms with E-state index in [2.05, 4.69) is 10.3 Å². The van der Waals surface area contributed by atoms with Gasteiger partial charge in [-0.05, 0) is 36.4 Å². The molecule has 1 amide bonds. The summed E-state index contributed by atoms with van der Waals surface area (Å²) in [6.07, 6.45) is -2.66. The third-order valence-electron chi connectivity index (χ3n) is 3.62. The van der Waals surface area contributed by atoms with Crippen molar-refractivity contribution in [1.82, 2.24) is 4.98 Å². The zero-order valence-corrected chi connectivity index (χ0v) is 14.2. The minimum absolute atomic E-state index is 0.0833. The Bertz CT molecular complexity index is 1060. The number of anilines is 1. The Labute approximate surface area is 158 Å². The number of halogens is 3. The lowest BCUT2D eigenvalue weighted by molar-refractivity contribution is -0.137. The van der Waals surface area contributed by atoms with Gasteiger partial charge in [-0.15, -0.1) is 0 Å². The third kappa shape index (κ3) is 4.65. The average Bonchev–Trinajstić information content (AvgIpc) is 2.68. The van der Waals surface area contributed by atoms with Gasteiger partial charge in [-0.25, -0.2) is 0 Å².